The van der Waals surface area contributed by atoms with Crippen molar-refractivity contribution >= 4 is 12.4 Å². The first-order valence-corrected chi connectivity index (χ1v) is 7.23. The molecule has 0 bridgehead atoms. The SMILES string of the molecule is COCCn1cc(CN2CCC3(CCNC3)C2)cn1.Cl. The van der Waals surface area contributed by atoms with Crippen LogP contribution in [0.3, 0.4) is 0 Å². The van der Waals surface area contributed by atoms with Crippen molar-refractivity contribution in [2.24, 2.45) is 5.41 Å². The van der Waals surface area contributed by atoms with Gasteiger partial charge in [0.25, 0.3) is 0 Å². The summed E-state index contributed by atoms with van der Waals surface area (Å²) in [5.74, 6) is 0. The minimum atomic E-state index is 0. The van der Waals surface area contributed by atoms with Gasteiger partial charge in [0.1, 0.15) is 0 Å². The summed E-state index contributed by atoms with van der Waals surface area (Å²) in [5.41, 5.74) is 1.88. The van der Waals surface area contributed by atoms with Gasteiger partial charge in [-0.15, -0.1) is 12.4 Å². The van der Waals surface area contributed by atoms with Crippen LogP contribution in [0.4, 0.5) is 0 Å². The van der Waals surface area contributed by atoms with Gasteiger partial charge in [-0.2, -0.15) is 5.10 Å². The molecule has 3 heterocycles. The summed E-state index contributed by atoms with van der Waals surface area (Å²) in [6, 6.07) is 0. The molecule has 1 unspecified atom stereocenters. The van der Waals surface area contributed by atoms with E-state index in [9.17, 15) is 0 Å². The zero-order chi connectivity index (χ0) is 13.1. The second-order valence-corrected chi connectivity index (χ2v) is 5.99. The zero-order valence-corrected chi connectivity index (χ0v) is 13.0. The van der Waals surface area contributed by atoms with Gasteiger partial charge >= 0.3 is 0 Å². The molecule has 2 aliphatic rings. The summed E-state index contributed by atoms with van der Waals surface area (Å²) >= 11 is 0. The number of methoxy groups -OCH3 is 1. The smallest absolute Gasteiger partial charge is 0.0658 e. The summed E-state index contributed by atoms with van der Waals surface area (Å²) in [5, 5.41) is 7.89. The van der Waals surface area contributed by atoms with E-state index in [1.165, 1.54) is 44.6 Å². The highest BCUT2D eigenvalue weighted by atomic mass is 35.5. The monoisotopic (exact) mass is 300 g/mol. The fraction of sp³-hybridized carbons (Fsp3) is 0.786. The Labute approximate surface area is 127 Å². The molecule has 0 radical (unpaired) electrons. The van der Waals surface area contributed by atoms with Crippen molar-refractivity contribution in [3.8, 4) is 0 Å². The Balaban J connectivity index is 0.00000147. The molecule has 1 aromatic rings. The average Bonchev–Trinajstić information content (AvgIpc) is 3.12. The predicted octanol–water partition coefficient (Wildman–Crippen LogP) is 1.14. The summed E-state index contributed by atoms with van der Waals surface area (Å²) < 4.78 is 7.05. The third-order valence-electron chi connectivity index (χ3n) is 4.47. The minimum Gasteiger partial charge on any atom is -0.383 e. The quantitative estimate of drug-likeness (QED) is 0.885. The maximum absolute atomic E-state index is 5.07. The third-order valence-corrected chi connectivity index (χ3v) is 4.47. The Morgan fingerprint density at radius 1 is 1.45 bits per heavy atom. The maximum Gasteiger partial charge on any atom is 0.0658 e. The average molecular weight is 301 g/mol. The summed E-state index contributed by atoms with van der Waals surface area (Å²) in [4.78, 5) is 2.57. The van der Waals surface area contributed by atoms with Crippen molar-refractivity contribution in [3.63, 3.8) is 0 Å². The van der Waals surface area contributed by atoms with E-state index in [4.69, 9.17) is 4.74 Å². The summed E-state index contributed by atoms with van der Waals surface area (Å²) in [7, 11) is 1.73. The Morgan fingerprint density at radius 2 is 2.35 bits per heavy atom. The molecule has 114 valence electrons. The van der Waals surface area contributed by atoms with Crippen molar-refractivity contribution < 1.29 is 4.74 Å². The second-order valence-electron chi connectivity index (χ2n) is 5.99. The van der Waals surface area contributed by atoms with E-state index in [0.717, 1.165) is 19.7 Å². The largest absolute Gasteiger partial charge is 0.383 e. The van der Waals surface area contributed by atoms with Crippen molar-refractivity contribution in [2.45, 2.75) is 25.9 Å². The summed E-state index contributed by atoms with van der Waals surface area (Å²) in [6.45, 7) is 7.46. The van der Waals surface area contributed by atoms with Crippen molar-refractivity contribution in [1.29, 1.82) is 0 Å². The first-order chi connectivity index (χ1) is 9.30. The fourth-order valence-electron chi connectivity index (χ4n) is 3.36. The topological polar surface area (TPSA) is 42.3 Å². The van der Waals surface area contributed by atoms with Crippen molar-refractivity contribution in [3.05, 3.63) is 18.0 Å². The molecule has 3 rings (SSSR count). The fourth-order valence-corrected chi connectivity index (χ4v) is 3.36. The van der Waals surface area contributed by atoms with E-state index in [1.807, 2.05) is 10.9 Å². The highest BCUT2D eigenvalue weighted by Crippen LogP contribution is 2.36. The normalized spacial score (nSPS) is 26.2. The Bertz CT molecular complexity index is 417. The van der Waals surface area contributed by atoms with E-state index in [2.05, 4.69) is 21.5 Å². The molecule has 20 heavy (non-hydrogen) atoms. The highest BCUT2D eigenvalue weighted by Gasteiger charge is 2.40. The van der Waals surface area contributed by atoms with Crippen LogP contribution in [0.25, 0.3) is 0 Å². The van der Waals surface area contributed by atoms with Crippen LogP contribution in [0, 0.1) is 5.41 Å². The molecule has 1 aromatic heterocycles. The molecule has 0 aromatic carbocycles. The van der Waals surface area contributed by atoms with Crippen LogP contribution in [0.5, 0.6) is 0 Å². The van der Waals surface area contributed by atoms with Crippen LogP contribution in [-0.4, -0.2) is 54.6 Å². The van der Waals surface area contributed by atoms with E-state index in [1.54, 1.807) is 7.11 Å². The highest BCUT2D eigenvalue weighted by molar-refractivity contribution is 5.85. The number of likely N-dealkylation sites (tertiary alicyclic amines) is 1. The van der Waals surface area contributed by atoms with Gasteiger partial charge in [-0.1, -0.05) is 0 Å². The molecule has 2 fully saturated rings. The molecule has 2 saturated heterocycles. The molecular formula is C14H25ClN4O. The van der Waals surface area contributed by atoms with Gasteiger partial charge in [-0.05, 0) is 31.3 Å². The standard InChI is InChI=1S/C14H24N4O.ClH/c1-19-7-6-18-10-13(8-16-18)9-17-5-3-14(12-17)2-4-15-11-14;/h8,10,15H,2-7,9,11-12H2,1H3;1H. The molecular weight excluding hydrogens is 276 g/mol. The number of aromatic nitrogens is 2. The van der Waals surface area contributed by atoms with Crippen LogP contribution in [-0.2, 0) is 17.8 Å². The Kier molecular flexibility index (Phi) is 5.43. The third kappa shape index (κ3) is 3.52. The van der Waals surface area contributed by atoms with Gasteiger partial charge in [0, 0.05) is 38.5 Å². The Morgan fingerprint density at radius 3 is 3.10 bits per heavy atom. The number of nitrogens with zero attached hydrogens (tertiary/aromatic N) is 3. The molecule has 0 saturated carbocycles. The van der Waals surface area contributed by atoms with Gasteiger partial charge in [-0.25, -0.2) is 0 Å². The Hall–Kier alpha value is -0.620. The second kappa shape index (κ2) is 6.89. The van der Waals surface area contributed by atoms with Gasteiger partial charge in [0.2, 0.25) is 0 Å². The number of nitrogens with one attached hydrogen (secondary N) is 1. The van der Waals surface area contributed by atoms with E-state index < -0.39 is 0 Å². The molecule has 1 spiro atoms. The molecule has 0 aliphatic carbocycles. The lowest BCUT2D eigenvalue weighted by atomic mass is 9.87. The minimum absolute atomic E-state index is 0. The van der Waals surface area contributed by atoms with Gasteiger partial charge in [-0.3, -0.25) is 9.58 Å². The molecule has 1 atom stereocenters. The number of ether oxygens (including phenoxy) is 1. The molecule has 2 aliphatic heterocycles. The number of rotatable bonds is 5. The van der Waals surface area contributed by atoms with Crippen molar-refractivity contribution in [1.82, 2.24) is 20.0 Å². The molecule has 0 amide bonds. The lowest BCUT2D eigenvalue weighted by Crippen LogP contribution is -2.28. The first-order valence-electron chi connectivity index (χ1n) is 7.23. The molecule has 6 heteroatoms. The number of hydrogen-bond donors (Lipinski definition) is 1. The van der Waals surface area contributed by atoms with Crippen LogP contribution in [0.2, 0.25) is 0 Å². The van der Waals surface area contributed by atoms with Crippen LogP contribution >= 0.6 is 12.4 Å². The first kappa shape index (κ1) is 15.8. The van der Waals surface area contributed by atoms with E-state index in [-0.39, 0.29) is 12.4 Å². The number of halogens is 1. The lowest BCUT2D eigenvalue weighted by Gasteiger charge is -2.22. The molecule has 5 nitrogen and oxygen atoms in total. The van der Waals surface area contributed by atoms with E-state index in [0.29, 0.717) is 5.41 Å². The number of hydrogen-bond acceptors (Lipinski definition) is 4. The van der Waals surface area contributed by atoms with Crippen LogP contribution in [0.1, 0.15) is 18.4 Å². The van der Waals surface area contributed by atoms with E-state index >= 15 is 0 Å². The van der Waals surface area contributed by atoms with Crippen molar-refractivity contribution in [2.75, 3.05) is 39.9 Å². The predicted molar refractivity (Wildman–Crippen MR) is 81.2 cm³/mol. The lowest BCUT2D eigenvalue weighted by molar-refractivity contribution is 0.183. The molecule has 1 N–H and O–H groups in total. The maximum atomic E-state index is 5.07. The van der Waals surface area contributed by atoms with Crippen LogP contribution in [0.15, 0.2) is 12.4 Å². The summed E-state index contributed by atoms with van der Waals surface area (Å²) in [6.07, 6.45) is 6.83. The van der Waals surface area contributed by atoms with Gasteiger partial charge < -0.3 is 10.1 Å². The van der Waals surface area contributed by atoms with Gasteiger partial charge in [0.15, 0.2) is 0 Å². The van der Waals surface area contributed by atoms with Gasteiger partial charge in [0.05, 0.1) is 19.3 Å². The van der Waals surface area contributed by atoms with Crippen LogP contribution < -0.4 is 5.32 Å². The zero-order valence-electron chi connectivity index (χ0n) is 12.2.